The van der Waals surface area contributed by atoms with Gasteiger partial charge < -0.3 is 9.47 Å². The lowest BCUT2D eigenvalue weighted by Crippen LogP contribution is -2.48. The molecule has 2 heterocycles. The summed E-state index contributed by atoms with van der Waals surface area (Å²) in [5, 5.41) is 0. The fourth-order valence-corrected chi connectivity index (χ4v) is 3.24. The van der Waals surface area contributed by atoms with E-state index in [0.29, 0.717) is 38.1 Å². The number of methoxy groups -OCH3 is 1. The fourth-order valence-electron chi connectivity index (χ4n) is 3.24. The molecule has 0 atom stereocenters. The first kappa shape index (κ1) is 19.4. The summed E-state index contributed by atoms with van der Waals surface area (Å²) in [4.78, 5) is 21.9. The molecule has 0 amide bonds. The summed E-state index contributed by atoms with van der Waals surface area (Å²) in [6.07, 6.45) is 0.913. The third-order valence-corrected chi connectivity index (χ3v) is 4.82. The molecule has 0 spiro atoms. The zero-order valence-electron chi connectivity index (χ0n) is 16.6. The minimum Gasteiger partial charge on any atom is -0.494 e. The Morgan fingerprint density at radius 3 is 2.56 bits per heavy atom. The summed E-state index contributed by atoms with van der Waals surface area (Å²) in [6, 6.07) is 7.92. The SMILES string of the molecule is CCOc1ccc(N2CN(CCCOC)Cn3c2nc(C)c(C)c3=O)cc1. The summed E-state index contributed by atoms with van der Waals surface area (Å²) < 4.78 is 12.5. The maximum atomic E-state index is 12.9. The molecule has 1 aliphatic heterocycles. The molecular weight excluding hydrogens is 344 g/mol. The van der Waals surface area contributed by atoms with Gasteiger partial charge in [-0.2, -0.15) is 0 Å². The van der Waals surface area contributed by atoms with Gasteiger partial charge in [0.05, 0.1) is 19.9 Å². The van der Waals surface area contributed by atoms with Crippen molar-refractivity contribution in [2.24, 2.45) is 0 Å². The number of ether oxygens (including phenoxy) is 2. The molecule has 3 rings (SSSR count). The van der Waals surface area contributed by atoms with Gasteiger partial charge in [-0.1, -0.05) is 0 Å². The highest BCUT2D eigenvalue weighted by atomic mass is 16.5. The molecule has 0 saturated heterocycles. The minimum absolute atomic E-state index is 0.0184. The first-order chi connectivity index (χ1) is 13.0. The molecule has 27 heavy (non-hydrogen) atoms. The Labute approximate surface area is 160 Å². The maximum Gasteiger partial charge on any atom is 0.259 e. The normalized spacial score (nSPS) is 14.3. The van der Waals surface area contributed by atoms with Gasteiger partial charge >= 0.3 is 0 Å². The zero-order chi connectivity index (χ0) is 19.4. The lowest BCUT2D eigenvalue weighted by molar-refractivity contribution is 0.150. The largest absolute Gasteiger partial charge is 0.494 e. The monoisotopic (exact) mass is 372 g/mol. The molecule has 0 fully saturated rings. The van der Waals surface area contributed by atoms with Crippen molar-refractivity contribution in [1.29, 1.82) is 0 Å². The maximum absolute atomic E-state index is 12.9. The summed E-state index contributed by atoms with van der Waals surface area (Å²) >= 11 is 0. The molecule has 2 aromatic rings. The molecule has 7 heteroatoms. The smallest absolute Gasteiger partial charge is 0.259 e. The zero-order valence-corrected chi connectivity index (χ0v) is 16.6. The van der Waals surface area contributed by atoms with Crippen LogP contribution in [0.1, 0.15) is 24.6 Å². The van der Waals surface area contributed by atoms with Crippen LogP contribution in [0.4, 0.5) is 11.6 Å². The second-order valence-corrected chi connectivity index (χ2v) is 6.73. The van der Waals surface area contributed by atoms with Gasteiger partial charge in [-0.05, 0) is 51.5 Å². The number of aromatic nitrogens is 2. The number of benzene rings is 1. The van der Waals surface area contributed by atoms with E-state index < -0.39 is 0 Å². The topological polar surface area (TPSA) is 59.8 Å². The molecular formula is C20H28N4O3. The number of hydrogen-bond acceptors (Lipinski definition) is 6. The summed E-state index contributed by atoms with van der Waals surface area (Å²) in [7, 11) is 1.71. The van der Waals surface area contributed by atoms with Gasteiger partial charge in [-0.15, -0.1) is 0 Å². The minimum atomic E-state index is 0.0184. The highest BCUT2D eigenvalue weighted by Gasteiger charge is 2.26. The van der Waals surface area contributed by atoms with E-state index in [1.807, 2.05) is 45.0 Å². The van der Waals surface area contributed by atoms with Crippen LogP contribution in [0.25, 0.3) is 0 Å². The molecule has 0 radical (unpaired) electrons. The summed E-state index contributed by atoms with van der Waals surface area (Å²) in [5.41, 5.74) is 2.47. The molecule has 0 aliphatic carbocycles. The lowest BCUT2D eigenvalue weighted by Gasteiger charge is -2.38. The van der Waals surface area contributed by atoms with Gasteiger partial charge in [0.25, 0.3) is 5.56 Å². The van der Waals surface area contributed by atoms with Crippen LogP contribution in [-0.2, 0) is 11.4 Å². The fraction of sp³-hybridized carbons (Fsp3) is 0.500. The van der Waals surface area contributed by atoms with Crippen LogP contribution in [0, 0.1) is 13.8 Å². The second-order valence-electron chi connectivity index (χ2n) is 6.73. The van der Waals surface area contributed by atoms with Crippen molar-refractivity contribution in [2.45, 2.75) is 33.9 Å². The van der Waals surface area contributed by atoms with E-state index in [2.05, 4.69) is 9.80 Å². The third kappa shape index (κ3) is 4.14. The number of anilines is 2. The Balaban J connectivity index is 1.97. The van der Waals surface area contributed by atoms with Crippen molar-refractivity contribution in [3.05, 3.63) is 45.9 Å². The molecule has 146 valence electrons. The first-order valence-corrected chi connectivity index (χ1v) is 9.35. The molecule has 0 unspecified atom stereocenters. The standard InChI is InChI=1S/C20H28N4O3/c1-5-27-18-9-7-17(8-10-18)23-13-22(11-6-12-26-4)14-24-19(25)15(2)16(3)21-20(23)24/h7-10H,5-6,11-14H2,1-4H3. The van der Waals surface area contributed by atoms with Crippen LogP contribution < -0.4 is 15.2 Å². The number of nitrogens with zero attached hydrogens (tertiary/aromatic N) is 4. The number of aryl methyl sites for hydroxylation is 1. The van der Waals surface area contributed by atoms with Crippen molar-refractivity contribution in [1.82, 2.24) is 14.5 Å². The quantitative estimate of drug-likeness (QED) is 0.697. The van der Waals surface area contributed by atoms with Gasteiger partial charge in [-0.3, -0.25) is 19.2 Å². The van der Waals surface area contributed by atoms with Crippen molar-refractivity contribution in [2.75, 3.05) is 38.4 Å². The van der Waals surface area contributed by atoms with E-state index in [-0.39, 0.29) is 5.56 Å². The third-order valence-electron chi connectivity index (χ3n) is 4.82. The van der Waals surface area contributed by atoms with Gasteiger partial charge in [-0.25, -0.2) is 4.98 Å². The van der Waals surface area contributed by atoms with Crippen LogP contribution in [0.2, 0.25) is 0 Å². The van der Waals surface area contributed by atoms with Crippen LogP contribution >= 0.6 is 0 Å². The average molecular weight is 372 g/mol. The summed E-state index contributed by atoms with van der Waals surface area (Å²) in [5.74, 6) is 1.52. The molecule has 1 aliphatic rings. The van der Waals surface area contributed by atoms with E-state index >= 15 is 0 Å². The second kappa shape index (κ2) is 8.54. The Hall–Kier alpha value is -2.38. The predicted molar refractivity (Wildman–Crippen MR) is 106 cm³/mol. The van der Waals surface area contributed by atoms with Crippen LogP contribution in [0.3, 0.4) is 0 Å². The Bertz CT molecular complexity index is 832. The highest BCUT2D eigenvalue weighted by Crippen LogP contribution is 2.29. The molecule has 1 aromatic heterocycles. The van der Waals surface area contributed by atoms with Gasteiger partial charge in [0, 0.05) is 37.2 Å². The number of fused-ring (bicyclic) bond motifs is 1. The predicted octanol–water partition coefficient (Wildman–Crippen LogP) is 2.66. The average Bonchev–Trinajstić information content (AvgIpc) is 2.67. The van der Waals surface area contributed by atoms with Gasteiger partial charge in [0.2, 0.25) is 5.95 Å². The summed E-state index contributed by atoms with van der Waals surface area (Å²) in [6.45, 7) is 9.09. The Morgan fingerprint density at radius 2 is 1.89 bits per heavy atom. The Morgan fingerprint density at radius 1 is 1.15 bits per heavy atom. The molecule has 1 aromatic carbocycles. The van der Waals surface area contributed by atoms with Crippen molar-refractivity contribution >= 4 is 11.6 Å². The van der Waals surface area contributed by atoms with E-state index in [1.54, 1.807) is 11.7 Å². The van der Waals surface area contributed by atoms with Crippen LogP contribution in [-0.4, -0.2) is 48.0 Å². The van der Waals surface area contributed by atoms with E-state index in [0.717, 1.165) is 30.1 Å². The van der Waals surface area contributed by atoms with E-state index in [9.17, 15) is 4.79 Å². The van der Waals surface area contributed by atoms with E-state index in [1.165, 1.54) is 0 Å². The van der Waals surface area contributed by atoms with Gasteiger partial charge in [0.1, 0.15) is 5.75 Å². The molecule has 0 N–H and O–H groups in total. The van der Waals surface area contributed by atoms with Crippen molar-refractivity contribution in [3.63, 3.8) is 0 Å². The van der Waals surface area contributed by atoms with Crippen molar-refractivity contribution in [3.8, 4) is 5.75 Å². The van der Waals surface area contributed by atoms with Gasteiger partial charge in [0.15, 0.2) is 0 Å². The molecule has 7 nitrogen and oxygen atoms in total. The molecule has 0 bridgehead atoms. The highest BCUT2D eigenvalue weighted by molar-refractivity contribution is 5.59. The molecule has 0 saturated carbocycles. The Kier molecular flexibility index (Phi) is 6.13. The number of rotatable bonds is 7. The van der Waals surface area contributed by atoms with Crippen molar-refractivity contribution < 1.29 is 9.47 Å². The van der Waals surface area contributed by atoms with E-state index in [4.69, 9.17) is 14.5 Å². The van der Waals surface area contributed by atoms with Crippen LogP contribution in [0.15, 0.2) is 29.1 Å². The number of hydrogen-bond donors (Lipinski definition) is 0. The first-order valence-electron chi connectivity index (χ1n) is 9.35. The van der Waals surface area contributed by atoms with Crippen LogP contribution in [0.5, 0.6) is 5.75 Å². The lowest BCUT2D eigenvalue weighted by atomic mass is 10.2.